The first-order valence-corrected chi connectivity index (χ1v) is 14.3. The lowest BCUT2D eigenvalue weighted by Gasteiger charge is -2.72. The van der Waals surface area contributed by atoms with Crippen molar-refractivity contribution in [1.82, 2.24) is 0 Å². The molecule has 0 radical (unpaired) electrons. The average molecular weight is 521 g/mol. The summed E-state index contributed by atoms with van der Waals surface area (Å²) >= 11 is 0. The van der Waals surface area contributed by atoms with Crippen molar-refractivity contribution in [2.24, 2.45) is 50.2 Å². The number of carbonyl (C=O) groups is 1. The van der Waals surface area contributed by atoms with Gasteiger partial charge in [-0.25, -0.2) is 0 Å². The Morgan fingerprint density at radius 3 is 2.11 bits per heavy atom. The van der Waals surface area contributed by atoms with Crippen molar-refractivity contribution in [3.63, 3.8) is 0 Å². The largest absolute Gasteiger partial charge is 0.481 e. The van der Waals surface area contributed by atoms with Gasteiger partial charge in [0, 0.05) is 11.3 Å². The van der Waals surface area contributed by atoms with Crippen molar-refractivity contribution in [2.75, 3.05) is 13.2 Å². The van der Waals surface area contributed by atoms with Crippen molar-refractivity contribution in [2.45, 2.75) is 104 Å². The van der Waals surface area contributed by atoms with E-state index >= 15 is 0 Å². The van der Waals surface area contributed by atoms with Crippen molar-refractivity contribution in [1.29, 1.82) is 0 Å². The quantitative estimate of drug-likeness (QED) is 0.314. The van der Waals surface area contributed by atoms with Crippen LogP contribution in [0, 0.1) is 50.2 Å². The fourth-order valence-electron chi connectivity index (χ4n) is 10.8. The van der Waals surface area contributed by atoms with E-state index in [0.717, 1.165) is 18.4 Å². The zero-order valence-corrected chi connectivity index (χ0v) is 23.2. The SMILES string of the molecule is CC1(C)CCC2(C(=O)O)CCC3(C)C(=CCC4C5(C)CC(O)C(O)C(CO)(CO)C5CCC43C)C2C1O. The van der Waals surface area contributed by atoms with E-state index in [4.69, 9.17) is 0 Å². The Kier molecular flexibility index (Phi) is 6.16. The summed E-state index contributed by atoms with van der Waals surface area (Å²) in [5, 5.41) is 65.1. The van der Waals surface area contributed by atoms with E-state index in [-0.39, 0.29) is 41.3 Å². The van der Waals surface area contributed by atoms with Crippen LogP contribution in [0.5, 0.6) is 0 Å². The summed E-state index contributed by atoms with van der Waals surface area (Å²) in [6.45, 7) is 10.1. The van der Waals surface area contributed by atoms with Gasteiger partial charge in [-0.05, 0) is 84.9 Å². The first-order valence-electron chi connectivity index (χ1n) is 14.3. The van der Waals surface area contributed by atoms with Crippen LogP contribution in [0.25, 0.3) is 0 Å². The lowest BCUT2D eigenvalue weighted by atomic mass is 9.33. The number of carboxylic acid groups (broad SMARTS) is 1. The molecule has 37 heavy (non-hydrogen) atoms. The predicted molar refractivity (Wildman–Crippen MR) is 138 cm³/mol. The Morgan fingerprint density at radius 1 is 0.892 bits per heavy atom. The maximum absolute atomic E-state index is 12.8. The standard InChI is InChI=1S/C30H48O7/c1-25(2)10-12-29(24(36)37)13-11-27(4)17(21(29)23(25)35)6-7-19-26(3)14-18(33)22(34)30(15-31,16-32)20(26)8-9-28(19,27)5/h6,18-23,31-35H,7-16H2,1-5H3,(H,36,37). The topological polar surface area (TPSA) is 138 Å². The molecule has 0 amide bonds. The highest BCUT2D eigenvalue weighted by molar-refractivity contribution is 5.77. The van der Waals surface area contributed by atoms with Gasteiger partial charge >= 0.3 is 5.97 Å². The van der Waals surface area contributed by atoms with Crippen molar-refractivity contribution < 1.29 is 35.4 Å². The Hall–Kier alpha value is -0.990. The van der Waals surface area contributed by atoms with Crippen LogP contribution in [0.2, 0.25) is 0 Å². The molecule has 0 saturated heterocycles. The van der Waals surface area contributed by atoms with Gasteiger partial charge in [0.15, 0.2) is 0 Å². The summed E-state index contributed by atoms with van der Waals surface area (Å²) in [5.41, 5.74) is -2.32. The van der Waals surface area contributed by atoms with Crippen molar-refractivity contribution >= 4 is 5.97 Å². The molecule has 5 aliphatic rings. The van der Waals surface area contributed by atoms with Gasteiger partial charge in [-0.15, -0.1) is 0 Å². The van der Waals surface area contributed by atoms with Gasteiger partial charge in [0.05, 0.1) is 36.9 Å². The minimum absolute atomic E-state index is 0.123. The first-order chi connectivity index (χ1) is 17.1. The highest BCUT2D eigenvalue weighted by Gasteiger charge is 2.72. The second-order valence-electron chi connectivity index (χ2n) is 14.9. The van der Waals surface area contributed by atoms with Crippen LogP contribution in [-0.2, 0) is 4.79 Å². The van der Waals surface area contributed by atoms with Gasteiger partial charge in [0.2, 0.25) is 0 Å². The monoisotopic (exact) mass is 520 g/mol. The van der Waals surface area contributed by atoms with Gasteiger partial charge in [0.1, 0.15) is 0 Å². The van der Waals surface area contributed by atoms with Crippen LogP contribution in [0.4, 0.5) is 0 Å². The first kappa shape index (κ1) is 27.6. The molecule has 0 aromatic heterocycles. The molecule has 5 rings (SSSR count). The Balaban J connectivity index is 1.64. The van der Waals surface area contributed by atoms with E-state index in [1.807, 2.05) is 13.8 Å². The summed E-state index contributed by atoms with van der Waals surface area (Å²) in [6, 6.07) is 0. The fraction of sp³-hybridized carbons (Fsp3) is 0.900. The van der Waals surface area contributed by atoms with Crippen LogP contribution < -0.4 is 0 Å². The van der Waals surface area contributed by atoms with E-state index in [9.17, 15) is 35.4 Å². The molecule has 210 valence electrons. The zero-order chi connectivity index (χ0) is 27.4. The number of aliphatic carboxylic acids is 1. The molecule has 0 aliphatic heterocycles. The molecular weight excluding hydrogens is 472 g/mol. The molecule has 0 aromatic rings. The highest BCUT2D eigenvalue weighted by atomic mass is 16.4. The van der Waals surface area contributed by atoms with E-state index in [1.165, 1.54) is 0 Å². The number of hydrogen-bond acceptors (Lipinski definition) is 6. The molecule has 0 bridgehead atoms. The molecule has 0 aromatic carbocycles. The van der Waals surface area contributed by atoms with Crippen LogP contribution in [0.15, 0.2) is 11.6 Å². The normalized spacial score (nSPS) is 52.1. The van der Waals surface area contributed by atoms with Gasteiger partial charge < -0.3 is 30.6 Å². The molecule has 10 unspecified atom stereocenters. The summed E-state index contributed by atoms with van der Waals surface area (Å²) in [7, 11) is 0. The molecule has 7 nitrogen and oxygen atoms in total. The predicted octanol–water partition coefficient (Wildman–Crippen LogP) is 3.12. The molecule has 0 spiro atoms. The fourth-order valence-corrected chi connectivity index (χ4v) is 10.8. The van der Waals surface area contributed by atoms with Crippen molar-refractivity contribution in [3.8, 4) is 0 Å². The van der Waals surface area contributed by atoms with E-state index in [2.05, 4.69) is 26.8 Å². The third-order valence-electron chi connectivity index (χ3n) is 13.4. The Morgan fingerprint density at radius 2 is 1.51 bits per heavy atom. The average Bonchev–Trinajstić information content (AvgIpc) is 2.83. The zero-order valence-electron chi connectivity index (χ0n) is 23.2. The molecule has 4 saturated carbocycles. The maximum Gasteiger partial charge on any atom is 0.310 e. The Bertz CT molecular complexity index is 986. The van der Waals surface area contributed by atoms with Crippen LogP contribution in [-0.4, -0.2) is 68.1 Å². The van der Waals surface area contributed by atoms with Gasteiger partial charge in [0.25, 0.3) is 0 Å². The molecule has 7 heteroatoms. The minimum Gasteiger partial charge on any atom is -0.481 e. The third-order valence-corrected chi connectivity index (χ3v) is 13.4. The van der Waals surface area contributed by atoms with Crippen LogP contribution in [0.1, 0.15) is 86.0 Å². The number of aliphatic hydroxyl groups is 5. The second kappa shape index (κ2) is 8.26. The molecule has 6 N–H and O–H groups in total. The lowest BCUT2D eigenvalue weighted by Crippen LogP contribution is -2.70. The van der Waals surface area contributed by atoms with E-state index in [0.29, 0.717) is 38.5 Å². The van der Waals surface area contributed by atoms with E-state index in [1.54, 1.807) is 0 Å². The van der Waals surface area contributed by atoms with Gasteiger partial charge in [-0.1, -0.05) is 46.3 Å². The van der Waals surface area contributed by atoms with Crippen LogP contribution in [0.3, 0.4) is 0 Å². The summed E-state index contributed by atoms with van der Waals surface area (Å²) in [6.07, 6.45) is 4.43. The minimum atomic E-state index is -1.18. The molecule has 10 atom stereocenters. The number of rotatable bonds is 3. The third kappa shape index (κ3) is 3.15. The second-order valence-corrected chi connectivity index (χ2v) is 14.9. The smallest absolute Gasteiger partial charge is 0.310 e. The molecule has 4 fully saturated rings. The number of carboxylic acids is 1. The van der Waals surface area contributed by atoms with E-state index < -0.39 is 46.4 Å². The highest BCUT2D eigenvalue weighted by Crippen LogP contribution is 2.75. The molecule has 5 aliphatic carbocycles. The van der Waals surface area contributed by atoms with Gasteiger partial charge in [-0.3, -0.25) is 4.79 Å². The molecular formula is C30H48O7. The van der Waals surface area contributed by atoms with Crippen molar-refractivity contribution in [3.05, 3.63) is 11.6 Å². The summed E-state index contributed by atoms with van der Waals surface area (Å²) in [4.78, 5) is 12.8. The number of allylic oxidation sites excluding steroid dienone is 1. The van der Waals surface area contributed by atoms with Gasteiger partial charge in [-0.2, -0.15) is 0 Å². The Labute approximate surface area is 221 Å². The number of hydrogen-bond donors (Lipinski definition) is 6. The number of aliphatic hydroxyl groups excluding tert-OH is 5. The number of fused-ring (bicyclic) bond motifs is 7. The van der Waals surface area contributed by atoms with Crippen LogP contribution >= 0.6 is 0 Å². The molecule has 0 heterocycles. The summed E-state index contributed by atoms with van der Waals surface area (Å²) in [5.74, 6) is -1.24. The lowest BCUT2D eigenvalue weighted by molar-refractivity contribution is -0.258. The summed E-state index contributed by atoms with van der Waals surface area (Å²) < 4.78 is 0. The maximum atomic E-state index is 12.8.